The second kappa shape index (κ2) is 12.0. The fraction of sp³-hybridized carbons (Fsp3) is 0.300. The predicted molar refractivity (Wildman–Crippen MR) is 143 cm³/mol. The second-order valence-corrected chi connectivity index (χ2v) is 13.9. The lowest BCUT2D eigenvalue weighted by Gasteiger charge is -2.43. The van der Waals surface area contributed by atoms with Crippen LogP contribution in [0.1, 0.15) is 40.0 Å². The number of hydrogen-bond acceptors (Lipinski definition) is 3. The molecule has 1 unspecified atom stereocenters. The summed E-state index contributed by atoms with van der Waals surface area (Å²) >= 11 is 0. The molecule has 0 aliphatic heterocycles. The van der Waals surface area contributed by atoms with Gasteiger partial charge < -0.3 is 9.16 Å². The fourth-order valence-electron chi connectivity index (χ4n) is 4.54. The Bertz CT molecular complexity index is 987. The first-order valence-electron chi connectivity index (χ1n) is 12.0. The molecule has 0 radical (unpaired) electrons. The van der Waals surface area contributed by atoms with E-state index in [2.05, 4.69) is 88.0 Å². The molecule has 3 rings (SSSR count). The highest BCUT2D eigenvalue weighted by atomic mass is 28.4. The molecular formula is C30H36O3Si. The van der Waals surface area contributed by atoms with Gasteiger partial charge in [0.05, 0.1) is 5.92 Å². The monoisotopic (exact) mass is 472 g/mol. The minimum absolute atomic E-state index is 0.0670. The quantitative estimate of drug-likeness (QED) is 0.111. The van der Waals surface area contributed by atoms with E-state index in [0.29, 0.717) is 25.2 Å². The van der Waals surface area contributed by atoms with E-state index in [1.54, 1.807) is 18.2 Å². The predicted octanol–water partition coefficient (Wildman–Crippen LogP) is 6.14. The van der Waals surface area contributed by atoms with E-state index in [1.807, 2.05) is 18.2 Å². The molecule has 0 saturated carbocycles. The summed E-state index contributed by atoms with van der Waals surface area (Å²) in [6, 6.07) is 30.5. The van der Waals surface area contributed by atoms with Crippen molar-refractivity contribution in [2.24, 2.45) is 5.92 Å². The van der Waals surface area contributed by atoms with Crippen molar-refractivity contribution < 1.29 is 14.0 Å². The van der Waals surface area contributed by atoms with Gasteiger partial charge in [0.1, 0.15) is 5.75 Å². The summed E-state index contributed by atoms with van der Waals surface area (Å²) in [7, 11) is -2.56. The summed E-state index contributed by atoms with van der Waals surface area (Å²) in [6.07, 6.45) is 3.84. The van der Waals surface area contributed by atoms with Gasteiger partial charge in [0.15, 0.2) is 0 Å². The number of hydrogen-bond donors (Lipinski definition) is 0. The topological polar surface area (TPSA) is 35.5 Å². The Labute approximate surface area is 205 Å². The maximum Gasteiger partial charge on any atom is 0.314 e. The van der Waals surface area contributed by atoms with E-state index in [0.717, 1.165) is 6.42 Å². The molecule has 178 valence electrons. The molecule has 1 atom stereocenters. The van der Waals surface area contributed by atoms with Gasteiger partial charge in [-0.1, -0.05) is 106 Å². The molecule has 0 saturated heterocycles. The molecule has 3 nitrogen and oxygen atoms in total. The van der Waals surface area contributed by atoms with E-state index in [-0.39, 0.29) is 16.9 Å². The van der Waals surface area contributed by atoms with E-state index in [4.69, 9.17) is 9.16 Å². The molecule has 0 N–H and O–H groups in total. The highest BCUT2D eigenvalue weighted by Crippen LogP contribution is 2.37. The highest BCUT2D eigenvalue weighted by molar-refractivity contribution is 6.99. The Morgan fingerprint density at radius 2 is 1.38 bits per heavy atom. The lowest BCUT2D eigenvalue weighted by molar-refractivity contribution is -0.139. The van der Waals surface area contributed by atoms with Gasteiger partial charge >= 0.3 is 5.97 Å². The van der Waals surface area contributed by atoms with Crippen molar-refractivity contribution in [2.45, 2.75) is 45.1 Å². The number of esters is 1. The minimum atomic E-state index is -2.56. The third kappa shape index (κ3) is 6.13. The van der Waals surface area contributed by atoms with Gasteiger partial charge in [-0.3, -0.25) is 4.79 Å². The first-order chi connectivity index (χ1) is 16.4. The van der Waals surface area contributed by atoms with Crippen LogP contribution in [-0.2, 0) is 9.22 Å². The Hall–Kier alpha value is -2.95. The number of carbonyl (C=O) groups excluding carboxylic acids is 1. The molecule has 0 aromatic heterocycles. The van der Waals surface area contributed by atoms with Crippen LogP contribution in [-0.4, -0.2) is 20.9 Å². The third-order valence-electron chi connectivity index (χ3n) is 6.18. The fourth-order valence-corrected chi connectivity index (χ4v) is 9.14. The van der Waals surface area contributed by atoms with Crippen molar-refractivity contribution in [3.8, 4) is 5.75 Å². The number of ether oxygens (including phenoxy) is 1. The summed E-state index contributed by atoms with van der Waals surface area (Å²) < 4.78 is 12.6. The average molecular weight is 473 g/mol. The molecule has 34 heavy (non-hydrogen) atoms. The maximum atomic E-state index is 12.8. The van der Waals surface area contributed by atoms with Crippen LogP contribution in [0.25, 0.3) is 0 Å². The minimum Gasteiger partial charge on any atom is -0.426 e. The second-order valence-electron chi connectivity index (χ2n) is 9.61. The molecule has 0 fully saturated rings. The van der Waals surface area contributed by atoms with Gasteiger partial charge in [-0.2, -0.15) is 0 Å². The third-order valence-corrected chi connectivity index (χ3v) is 11.2. The molecular weight excluding hydrogens is 436 g/mol. The SMILES string of the molecule is C=CCC(CCCO[Si](c1ccccc1)(c1ccccc1)C(C)(C)C)C(=O)Oc1ccccc1. The van der Waals surface area contributed by atoms with Crippen molar-refractivity contribution in [2.75, 3.05) is 6.61 Å². The van der Waals surface area contributed by atoms with Crippen LogP contribution in [0.3, 0.4) is 0 Å². The van der Waals surface area contributed by atoms with Crippen LogP contribution in [0.15, 0.2) is 104 Å². The summed E-state index contributed by atoms with van der Waals surface area (Å²) in [6.45, 7) is 11.2. The average Bonchev–Trinajstić information content (AvgIpc) is 2.84. The van der Waals surface area contributed by atoms with Crippen LogP contribution in [0.5, 0.6) is 5.75 Å². The zero-order chi connectivity index (χ0) is 24.4. The van der Waals surface area contributed by atoms with Crippen LogP contribution in [0, 0.1) is 5.92 Å². The molecule has 3 aromatic carbocycles. The van der Waals surface area contributed by atoms with Crippen molar-refractivity contribution in [1.82, 2.24) is 0 Å². The number of para-hydroxylation sites is 1. The molecule has 0 bridgehead atoms. The largest absolute Gasteiger partial charge is 0.426 e. The standard InChI is InChI=1S/C30H36O3Si/c1-5-16-25(29(31)33-26-18-9-6-10-19-26)17-15-24-32-34(30(2,3)4,27-20-11-7-12-21-27)28-22-13-8-14-23-28/h5-14,18-23,25H,1,15-17,24H2,2-4H3. The summed E-state index contributed by atoms with van der Waals surface area (Å²) in [5, 5.41) is 2.46. The molecule has 0 amide bonds. The lowest BCUT2D eigenvalue weighted by atomic mass is 10.00. The van der Waals surface area contributed by atoms with Crippen molar-refractivity contribution in [3.05, 3.63) is 104 Å². The van der Waals surface area contributed by atoms with Gasteiger partial charge in [-0.05, 0) is 46.8 Å². The number of allylic oxidation sites excluding steroid dienone is 1. The zero-order valence-corrected chi connectivity index (χ0v) is 21.6. The van der Waals surface area contributed by atoms with Crippen molar-refractivity contribution in [1.29, 1.82) is 0 Å². The van der Waals surface area contributed by atoms with Crippen LogP contribution < -0.4 is 15.1 Å². The molecule has 3 aromatic rings. The van der Waals surface area contributed by atoms with Gasteiger partial charge in [0.2, 0.25) is 0 Å². The summed E-state index contributed by atoms with van der Waals surface area (Å²) in [4.78, 5) is 12.8. The Kier molecular flexibility index (Phi) is 9.03. The first kappa shape index (κ1) is 25.7. The van der Waals surface area contributed by atoms with Crippen LogP contribution >= 0.6 is 0 Å². The number of benzene rings is 3. The van der Waals surface area contributed by atoms with Crippen molar-refractivity contribution >= 4 is 24.7 Å². The van der Waals surface area contributed by atoms with Crippen molar-refractivity contribution in [3.63, 3.8) is 0 Å². The van der Waals surface area contributed by atoms with Gasteiger partial charge in [0, 0.05) is 6.61 Å². The molecule has 0 aliphatic carbocycles. The van der Waals surface area contributed by atoms with Gasteiger partial charge in [-0.15, -0.1) is 6.58 Å². The van der Waals surface area contributed by atoms with E-state index in [9.17, 15) is 4.79 Å². The smallest absolute Gasteiger partial charge is 0.314 e. The van der Waals surface area contributed by atoms with Gasteiger partial charge in [-0.25, -0.2) is 0 Å². The Balaban J connectivity index is 1.76. The molecule has 0 heterocycles. The van der Waals surface area contributed by atoms with E-state index >= 15 is 0 Å². The molecule has 0 spiro atoms. The first-order valence-corrected chi connectivity index (χ1v) is 13.9. The van der Waals surface area contributed by atoms with Crippen LogP contribution in [0.4, 0.5) is 0 Å². The number of carbonyl (C=O) groups is 1. The summed E-state index contributed by atoms with van der Waals surface area (Å²) in [5.41, 5.74) is 0. The molecule has 0 aliphatic rings. The van der Waals surface area contributed by atoms with E-state index in [1.165, 1.54) is 10.4 Å². The normalized spacial score (nSPS) is 12.7. The molecule has 4 heteroatoms. The van der Waals surface area contributed by atoms with Gasteiger partial charge in [0.25, 0.3) is 8.32 Å². The van der Waals surface area contributed by atoms with Crippen LogP contribution in [0.2, 0.25) is 5.04 Å². The maximum absolute atomic E-state index is 12.8. The lowest BCUT2D eigenvalue weighted by Crippen LogP contribution is -2.66. The zero-order valence-electron chi connectivity index (χ0n) is 20.6. The summed E-state index contributed by atoms with van der Waals surface area (Å²) in [5.74, 6) is 0.127. The highest BCUT2D eigenvalue weighted by Gasteiger charge is 2.49. The number of rotatable bonds is 11. The Morgan fingerprint density at radius 3 is 1.85 bits per heavy atom. The Morgan fingerprint density at radius 1 is 0.882 bits per heavy atom. The van der Waals surface area contributed by atoms with E-state index < -0.39 is 8.32 Å².